The zero-order valence-electron chi connectivity index (χ0n) is 10.4. The number of ether oxygens (including phenoxy) is 1. The Morgan fingerprint density at radius 3 is 2.94 bits per heavy atom. The van der Waals surface area contributed by atoms with Crippen LogP contribution in [0.5, 0.6) is 5.75 Å². The van der Waals surface area contributed by atoms with Crippen molar-refractivity contribution in [3.05, 3.63) is 29.8 Å². The van der Waals surface area contributed by atoms with E-state index < -0.39 is 5.92 Å². The van der Waals surface area contributed by atoms with Crippen LogP contribution in [0.15, 0.2) is 24.3 Å². The van der Waals surface area contributed by atoms with E-state index in [0.29, 0.717) is 11.3 Å². The number of hydrogen-bond donors (Lipinski definition) is 0. The van der Waals surface area contributed by atoms with Crippen LogP contribution in [0.2, 0.25) is 0 Å². The molecule has 0 spiro atoms. The number of hydrogen-bond acceptors (Lipinski definition) is 4. The summed E-state index contributed by atoms with van der Waals surface area (Å²) in [5, 5.41) is 1.12. The maximum absolute atomic E-state index is 12.2. The molecule has 0 saturated heterocycles. The van der Waals surface area contributed by atoms with Crippen LogP contribution < -0.4 is 4.74 Å². The summed E-state index contributed by atoms with van der Waals surface area (Å²) in [6.07, 6.45) is 0.0947. The first-order valence-electron chi connectivity index (χ1n) is 5.70. The molecule has 0 fully saturated rings. The van der Waals surface area contributed by atoms with E-state index in [-0.39, 0.29) is 24.7 Å². The maximum Gasteiger partial charge on any atom is 0.246 e. The average Bonchev–Trinajstić information content (AvgIpc) is 2.41. The molecular formula is C13H15NO4. The van der Waals surface area contributed by atoms with Crippen molar-refractivity contribution in [2.45, 2.75) is 6.42 Å². The molecule has 5 nitrogen and oxygen atoms in total. The monoisotopic (exact) mass is 249 g/mol. The van der Waals surface area contributed by atoms with Crippen LogP contribution in [0, 0.1) is 5.92 Å². The first-order chi connectivity index (χ1) is 8.63. The quantitative estimate of drug-likeness (QED) is 0.757. The van der Waals surface area contributed by atoms with Gasteiger partial charge in [0.05, 0.1) is 25.2 Å². The van der Waals surface area contributed by atoms with Crippen molar-refractivity contribution in [3.63, 3.8) is 0 Å². The van der Waals surface area contributed by atoms with E-state index in [0.717, 1.165) is 5.06 Å². The highest BCUT2D eigenvalue weighted by Gasteiger charge is 2.31. The lowest BCUT2D eigenvalue weighted by atomic mass is 9.92. The topological polar surface area (TPSA) is 55.8 Å². The number of benzene rings is 1. The Kier molecular flexibility index (Phi) is 3.62. The van der Waals surface area contributed by atoms with Crippen LogP contribution in [-0.4, -0.2) is 37.5 Å². The number of fused-ring (bicyclic) bond motifs is 1. The highest BCUT2D eigenvalue weighted by atomic mass is 16.7. The van der Waals surface area contributed by atoms with Crippen molar-refractivity contribution in [2.75, 3.05) is 20.8 Å². The lowest BCUT2D eigenvalue weighted by Crippen LogP contribution is -2.34. The molecule has 5 heteroatoms. The predicted molar refractivity (Wildman–Crippen MR) is 64.2 cm³/mol. The third-order valence-corrected chi connectivity index (χ3v) is 3.01. The second-order valence-electron chi connectivity index (χ2n) is 4.15. The number of carbonyl (C=O) groups excluding carboxylic acids is 2. The highest BCUT2D eigenvalue weighted by molar-refractivity contribution is 6.02. The van der Waals surface area contributed by atoms with E-state index in [9.17, 15) is 9.59 Å². The van der Waals surface area contributed by atoms with Crippen LogP contribution in [0.1, 0.15) is 16.8 Å². The van der Waals surface area contributed by atoms with Gasteiger partial charge in [0.25, 0.3) is 0 Å². The molecule has 0 radical (unpaired) electrons. The van der Waals surface area contributed by atoms with Gasteiger partial charge in [0.15, 0.2) is 5.78 Å². The molecule has 1 amide bonds. The smallest absolute Gasteiger partial charge is 0.246 e. The fraction of sp³-hybridized carbons (Fsp3) is 0.385. The number of Topliss-reactive ketones (excluding diaryl/α,β-unsaturated/α-hetero) is 1. The number of ketones is 1. The average molecular weight is 249 g/mol. The van der Waals surface area contributed by atoms with Gasteiger partial charge < -0.3 is 4.74 Å². The lowest BCUT2D eigenvalue weighted by molar-refractivity contribution is -0.169. The van der Waals surface area contributed by atoms with E-state index in [1.165, 1.54) is 14.2 Å². The highest BCUT2D eigenvalue weighted by Crippen LogP contribution is 2.28. The molecule has 1 heterocycles. The van der Waals surface area contributed by atoms with E-state index >= 15 is 0 Å². The Hall–Kier alpha value is -1.88. The molecular weight excluding hydrogens is 234 g/mol. The Balaban J connectivity index is 2.10. The molecule has 0 aromatic heterocycles. The van der Waals surface area contributed by atoms with Crippen molar-refractivity contribution >= 4 is 11.7 Å². The molecule has 96 valence electrons. The Bertz CT molecular complexity index is 472. The number of nitrogens with zero attached hydrogens (tertiary/aromatic N) is 1. The first kappa shape index (κ1) is 12.6. The molecule has 0 aliphatic carbocycles. The zero-order valence-corrected chi connectivity index (χ0v) is 10.4. The molecule has 18 heavy (non-hydrogen) atoms. The SMILES string of the molecule is CON(C)C(=O)C[C@@H]1COc2ccccc2C1=O. The molecule has 0 N–H and O–H groups in total. The number of carbonyl (C=O) groups is 2. The van der Waals surface area contributed by atoms with E-state index in [1.807, 2.05) is 6.07 Å². The summed E-state index contributed by atoms with van der Waals surface area (Å²) in [7, 11) is 2.93. The third kappa shape index (κ3) is 2.36. The van der Waals surface area contributed by atoms with Gasteiger partial charge in [-0.3, -0.25) is 14.4 Å². The van der Waals surface area contributed by atoms with Gasteiger partial charge >= 0.3 is 0 Å². The predicted octanol–water partition coefficient (Wildman–Crippen LogP) is 1.29. The van der Waals surface area contributed by atoms with Crippen LogP contribution in [0.25, 0.3) is 0 Å². The largest absolute Gasteiger partial charge is 0.492 e. The van der Waals surface area contributed by atoms with Gasteiger partial charge in [-0.1, -0.05) is 12.1 Å². The van der Waals surface area contributed by atoms with Gasteiger partial charge in [-0.05, 0) is 12.1 Å². The van der Waals surface area contributed by atoms with Gasteiger partial charge in [-0.2, -0.15) is 0 Å². The van der Waals surface area contributed by atoms with Crippen LogP contribution in [0.3, 0.4) is 0 Å². The van der Waals surface area contributed by atoms with Crippen molar-refractivity contribution < 1.29 is 19.2 Å². The van der Waals surface area contributed by atoms with E-state index in [2.05, 4.69) is 0 Å². The number of rotatable bonds is 3. The fourth-order valence-electron chi connectivity index (χ4n) is 1.87. The van der Waals surface area contributed by atoms with Crippen LogP contribution >= 0.6 is 0 Å². The van der Waals surface area contributed by atoms with Gasteiger partial charge in [0.2, 0.25) is 5.91 Å². The summed E-state index contributed by atoms with van der Waals surface area (Å²) in [5.74, 6) is -0.134. The van der Waals surface area contributed by atoms with E-state index in [4.69, 9.17) is 9.57 Å². The Morgan fingerprint density at radius 2 is 2.22 bits per heavy atom. The van der Waals surface area contributed by atoms with Crippen molar-refractivity contribution in [1.82, 2.24) is 5.06 Å². The summed E-state index contributed by atoms with van der Waals surface area (Å²) < 4.78 is 5.49. The van der Waals surface area contributed by atoms with Crippen molar-refractivity contribution in [3.8, 4) is 5.75 Å². The third-order valence-electron chi connectivity index (χ3n) is 3.01. The van der Waals surface area contributed by atoms with Gasteiger partial charge in [-0.25, -0.2) is 5.06 Å². The summed E-state index contributed by atoms with van der Waals surface area (Å²) in [4.78, 5) is 28.7. The lowest BCUT2D eigenvalue weighted by Gasteiger charge is -2.24. The first-order valence-corrected chi connectivity index (χ1v) is 5.70. The van der Waals surface area contributed by atoms with Crippen molar-refractivity contribution in [1.29, 1.82) is 0 Å². The number of hydroxylamine groups is 2. The van der Waals surface area contributed by atoms with Gasteiger partial charge in [-0.15, -0.1) is 0 Å². The molecule has 1 atom stereocenters. The molecule has 0 unspecified atom stereocenters. The second-order valence-corrected chi connectivity index (χ2v) is 4.15. The number of amides is 1. The summed E-state index contributed by atoms with van der Waals surface area (Å²) >= 11 is 0. The molecule has 0 bridgehead atoms. The molecule has 1 aliphatic rings. The summed E-state index contributed by atoms with van der Waals surface area (Å²) in [5.41, 5.74) is 0.543. The van der Waals surface area contributed by atoms with Crippen LogP contribution in [-0.2, 0) is 9.63 Å². The summed E-state index contributed by atoms with van der Waals surface area (Å²) in [6, 6.07) is 7.07. The molecule has 1 aliphatic heterocycles. The van der Waals surface area contributed by atoms with Gasteiger partial charge in [0.1, 0.15) is 5.75 Å². The standard InChI is InChI=1S/C13H15NO4/c1-14(17-2)12(15)7-9-8-18-11-6-4-3-5-10(11)13(9)16/h3-6,9H,7-8H2,1-2H3/t9-/m1/s1. The molecule has 0 saturated carbocycles. The number of para-hydroxylation sites is 1. The van der Waals surface area contributed by atoms with Gasteiger partial charge in [0, 0.05) is 13.5 Å². The summed E-state index contributed by atoms with van der Waals surface area (Å²) in [6.45, 7) is 0.235. The fourth-order valence-corrected chi connectivity index (χ4v) is 1.87. The zero-order chi connectivity index (χ0) is 13.1. The minimum absolute atomic E-state index is 0.0466. The Labute approximate surface area is 105 Å². The molecule has 1 aromatic rings. The van der Waals surface area contributed by atoms with Crippen molar-refractivity contribution in [2.24, 2.45) is 5.92 Å². The second kappa shape index (κ2) is 5.18. The van der Waals surface area contributed by atoms with E-state index in [1.54, 1.807) is 18.2 Å². The molecule has 1 aromatic carbocycles. The van der Waals surface area contributed by atoms with Crippen LogP contribution in [0.4, 0.5) is 0 Å². The minimum Gasteiger partial charge on any atom is -0.492 e. The minimum atomic E-state index is -0.440. The normalized spacial score (nSPS) is 17.9. The maximum atomic E-state index is 12.2. The Morgan fingerprint density at radius 1 is 1.50 bits per heavy atom. The molecule has 2 rings (SSSR count).